The lowest BCUT2D eigenvalue weighted by atomic mass is 10.2. The van der Waals surface area contributed by atoms with Gasteiger partial charge in [0.15, 0.2) is 0 Å². The average Bonchev–Trinajstić information content (AvgIpc) is 2.30. The van der Waals surface area contributed by atoms with Crippen molar-refractivity contribution in [3.05, 3.63) is 18.2 Å². The van der Waals surface area contributed by atoms with Crippen LogP contribution >= 0.6 is 0 Å². The normalized spacial score (nSPS) is 10.9. The third-order valence-electron chi connectivity index (χ3n) is 2.54. The molecule has 1 rings (SSSR count). The molecule has 98 valence electrons. The van der Waals surface area contributed by atoms with Crippen molar-refractivity contribution in [1.82, 2.24) is 0 Å². The number of hydrogen-bond donors (Lipinski definition) is 2. The summed E-state index contributed by atoms with van der Waals surface area (Å²) in [5, 5.41) is 13.6. The molecule has 18 heavy (non-hydrogen) atoms. The highest BCUT2D eigenvalue weighted by Gasteiger charge is 2.13. The molecule has 0 heterocycles. The van der Waals surface area contributed by atoms with Crippen LogP contribution in [0.25, 0.3) is 0 Å². The molecule has 0 aliphatic rings. The first-order chi connectivity index (χ1) is 8.40. The third kappa shape index (κ3) is 3.35. The molecule has 0 atom stereocenters. The SMILES string of the molecule is CCN(CCC#N)c1ccc(S(N)(=O)=O)cc1N. The maximum atomic E-state index is 11.2. The van der Waals surface area contributed by atoms with Gasteiger partial charge in [0.25, 0.3) is 0 Å². The van der Waals surface area contributed by atoms with Gasteiger partial charge in [0.2, 0.25) is 10.0 Å². The van der Waals surface area contributed by atoms with Crippen molar-refractivity contribution < 1.29 is 8.42 Å². The molecule has 0 saturated heterocycles. The number of rotatable bonds is 5. The van der Waals surface area contributed by atoms with Crippen molar-refractivity contribution in [2.24, 2.45) is 5.14 Å². The molecule has 0 aliphatic carbocycles. The fourth-order valence-corrected chi connectivity index (χ4v) is 2.18. The van der Waals surface area contributed by atoms with Gasteiger partial charge in [0.1, 0.15) is 0 Å². The van der Waals surface area contributed by atoms with Gasteiger partial charge in [0, 0.05) is 13.1 Å². The maximum absolute atomic E-state index is 11.2. The predicted octanol–water partition coefficient (Wildman–Crippen LogP) is 0.656. The largest absolute Gasteiger partial charge is 0.397 e. The first kappa shape index (κ1) is 14.3. The number of benzene rings is 1. The summed E-state index contributed by atoms with van der Waals surface area (Å²) in [7, 11) is -3.74. The molecule has 7 heteroatoms. The van der Waals surface area contributed by atoms with Crippen LogP contribution in [0, 0.1) is 11.3 Å². The summed E-state index contributed by atoms with van der Waals surface area (Å²) in [6, 6.07) is 6.41. The van der Waals surface area contributed by atoms with Crippen LogP contribution in [0.1, 0.15) is 13.3 Å². The van der Waals surface area contributed by atoms with Crippen molar-refractivity contribution in [3.8, 4) is 6.07 Å². The number of primary sulfonamides is 1. The smallest absolute Gasteiger partial charge is 0.238 e. The molecule has 0 aromatic heterocycles. The van der Waals surface area contributed by atoms with Gasteiger partial charge in [-0.3, -0.25) is 0 Å². The molecule has 0 radical (unpaired) electrons. The molecular formula is C11H16N4O2S. The summed E-state index contributed by atoms with van der Waals surface area (Å²) in [6.07, 6.45) is 0.379. The Balaban J connectivity index is 3.08. The lowest BCUT2D eigenvalue weighted by Crippen LogP contribution is -2.25. The Morgan fingerprint density at radius 2 is 2.11 bits per heavy atom. The highest BCUT2D eigenvalue weighted by molar-refractivity contribution is 7.89. The highest BCUT2D eigenvalue weighted by Crippen LogP contribution is 2.25. The van der Waals surface area contributed by atoms with E-state index in [-0.39, 0.29) is 4.90 Å². The van der Waals surface area contributed by atoms with E-state index in [0.717, 1.165) is 0 Å². The van der Waals surface area contributed by atoms with Crippen LogP contribution in [0.4, 0.5) is 11.4 Å². The van der Waals surface area contributed by atoms with Gasteiger partial charge in [-0.25, -0.2) is 13.6 Å². The Hall–Kier alpha value is -1.78. The van der Waals surface area contributed by atoms with Crippen LogP contribution in [-0.2, 0) is 10.0 Å². The van der Waals surface area contributed by atoms with Gasteiger partial charge < -0.3 is 10.6 Å². The Bertz CT molecular complexity index is 563. The van der Waals surface area contributed by atoms with Gasteiger partial charge in [-0.05, 0) is 25.1 Å². The standard InChI is InChI=1S/C11H16N4O2S/c1-2-15(7-3-6-12)11-5-4-9(8-10(11)13)18(14,16)17/h4-5,8H,2-3,7,13H2,1H3,(H2,14,16,17). The molecule has 0 unspecified atom stereocenters. The van der Waals surface area contributed by atoms with Crippen molar-refractivity contribution >= 4 is 21.4 Å². The zero-order valence-electron chi connectivity index (χ0n) is 10.1. The quantitative estimate of drug-likeness (QED) is 0.761. The first-order valence-electron chi connectivity index (χ1n) is 5.44. The minimum absolute atomic E-state index is 0.0138. The zero-order valence-corrected chi connectivity index (χ0v) is 10.9. The van der Waals surface area contributed by atoms with Crippen LogP contribution in [0.15, 0.2) is 23.1 Å². The lowest BCUT2D eigenvalue weighted by molar-refractivity contribution is 0.598. The minimum Gasteiger partial charge on any atom is -0.397 e. The predicted molar refractivity (Wildman–Crippen MR) is 70.3 cm³/mol. The Labute approximate surface area is 107 Å². The summed E-state index contributed by atoms with van der Waals surface area (Å²) in [6.45, 7) is 3.16. The first-order valence-corrected chi connectivity index (χ1v) is 6.99. The molecule has 4 N–H and O–H groups in total. The van der Waals surface area contributed by atoms with E-state index in [9.17, 15) is 8.42 Å². The van der Waals surface area contributed by atoms with E-state index in [1.807, 2.05) is 11.8 Å². The van der Waals surface area contributed by atoms with Crippen molar-refractivity contribution in [2.75, 3.05) is 23.7 Å². The summed E-state index contributed by atoms with van der Waals surface area (Å²) in [5.74, 6) is 0. The van der Waals surface area contributed by atoms with E-state index in [0.29, 0.717) is 30.9 Å². The van der Waals surface area contributed by atoms with Crippen LogP contribution in [0.5, 0.6) is 0 Å². The summed E-state index contributed by atoms with van der Waals surface area (Å²) in [4.78, 5) is 1.89. The maximum Gasteiger partial charge on any atom is 0.238 e. The van der Waals surface area contributed by atoms with E-state index >= 15 is 0 Å². The van der Waals surface area contributed by atoms with Crippen molar-refractivity contribution in [1.29, 1.82) is 5.26 Å². The molecule has 1 aromatic carbocycles. The fraction of sp³-hybridized carbons (Fsp3) is 0.364. The molecule has 0 aliphatic heterocycles. The van der Waals surface area contributed by atoms with E-state index < -0.39 is 10.0 Å². The highest BCUT2D eigenvalue weighted by atomic mass is 32.2. The zero-order chi connectivity index (χ0) is 13.8. The third-order valence-corrected chi connectivity index (χ3v) is 3.45. The topological polar surface area (TPSA) is 113 Å². The van der Waals surface area contributed by atoms with Gasteiger partial charge >= 0.3 is 0 Å². The minimum atomic E-state index is -3.74. The molecule has 0 saturated carbocycles. The summed E-state index contributed by atoms with van der Waals surface area (Å²) in [5.41, 5.74) is 6.86. The number of nitrogen functional groups attached to an aromatic ring is 1. The summed E-state index contributed by atoms with van der Waals surface area (Å²) < 4.78 is 22.3. The average molecular weight is 268 g/mol. The monoisotopic (exact) mass is 268 g/mol. The van der Waals surface area contributed by atoms with E-state index in [1.165, 1.54) is 12.1 Å². The molecular weight excluding hydrogens is 252 g/mol. The van der Waals surface area contributed by atoms with Crippen molar-refractivity contribution in [3.63, 3.8) is 0 Å². The number of anilines is 2. The Morgan fingerprint density at radius 1 is 1.44 bits per heavy atom. The second kappa shape index (κ2) is 5.71. The second-order valence-corrected chi connectivity index (χ2v) is 5.31. The molecule has 6 nitrogen and oxygen atoms in total. The van der Waals surface area contributed by atoms with E-state index in [1.54, 1.807) is 6.07 Å². The van der Waals surface area contributed by atoms with Crippen molar-refractivity contribution in [2.45, 2.75) is 18.2 Å². The number of hydrogen-bond acceptors (Lipinski definition) is 5. The van der Waals surface area contributed by atoms with Crippen LogP contribution in [0.3, 0.4) is 0 Å². The molecule has 0 amide bonds. The number of sulfonamides is 1. The van der Waals surface area contributed by atoms with Crippen LogP contribution < -0.4 is 15.8 Å². The van der Waals surface area contributed by atoms with Gasteiger partial charge in [-0.1, -0.05) is 0 Å². The van der Waals surface area contributed by atoms with Gasteiger partial charge in [-0.2, -0.15) is 5.26 Å². The van der Waals surface area contributed by atoms with Gasteiger partial charge in [-0.15, -0.1) is 0 Å². The Kier molecular flexibility index (Phi) is 4.53. The van der Waals surface area contributed by atoms with E-state index in [4.69, 9.17) is 16.1 Å². The van der Waals surface area contributed by atoms with Crippen LogP contribution in [-0.4, -0.2) is 21.5 Å². The second-order valence-electron chi connectivity index (χ2n) is 3.75. The van der Waals surface area contributed by atoms with Crippen LogP contribution in [0.2, 0.25) is 0 Å². The van der Waals surface area contributed by atoms with E-state index in [2.05, 4.69) is 6.07 Å². The lowest BCUT2D eigenvalue weighted by Gasteiger charge is -2.23. The number of nitriles is 1. The molecule has 0 spiro atoms. The molecule has 0 bridgehead atoms. The summed E-state index contributed by atoms with van der Waals surface area (Å²) >= 11 is 0. The number of nitrogens with zero attached hydrogens (tertiary/aromatic N) is 2. The Morgan fingerprint density at radius 3 is 2.56 bits per heavy atom. The van der Waals surface area contributed by atoms with Gasteiger partial charge in [0.05, 0.1) is 28.8 Å². The molecule has 1 aromatic rings. The fourth-order valence-electron chi connectivity index (χ4n) is 1.63. The molecule has 0 fully saturated rings. The number of nitrogens with two attached hydrogens (primary N) is 2.